The third-order valence-electron chi connectivity index (χ3n) is 7.93. The minimum Gasteiger partial charge on any atom is -0.462 e. The van der Waals surface area contributed by atoms with Crippen molar-refractivity contribution in [2.75, 3.05) is 0 Å². The maximum atomic E-state index is 12.3. The maximum Gasteiger partial charge on any atom is 0.306 e. The number of unbranched alkanes of at least 4 members (excludes halogenated alkanes) is 5. The maximum absolute atomic E-state index is 12.3. The van der Waals surface area contributed by atoms with Crippen LogP contribution in [0.25, 0.3) is 0 Å². The minimum absolute atomic E-state index is 0.0681. The summed E-state index contributed by atoms with van der Waals surface area (Å²) in [6.45, 7) is 15.9. The monoisotopic (exact) mass is 514 g/mol. The molecule has 2 rings (SSSR count). The first-order valence-corrected chi connectivity index (χ1v) is 14.0. The van der Waals surface area contributed by atoms with Crippen LogP contribution in [-0.4, -0.2) is 72.3 Å². The van der Waals surface area contributed by atoms with Gasteiger partial charge < -0.3 is 25.0 Å². The highest BCUT2D eigenvalue weighted by atomic mass is 16.6. The summed E-state index contributed by atoms with van der Waals surface area (Å²) in [5.41, 5.74) is -1.61. The number of aliphatic hydroxyl groups excluding tert-OH is 1. The number of carbonyl (C=O) groups is 1. The second kappa shape index (κ2) is 12.4. The van der Waals surface area contributed by atoms with Crippen molar-refractivity contribution < 1.29 is 29.8 Å². The van der Waals surface area contributed by atoms with E-state index in [-0.39, 0.29) is 29.3 Å². The van der Waals surface area contributed by atoms with Crippen LogP contribution in [0, 0.1) is 0 Å². The van der Waals surface area contributed by atoms with Gasteiger partial charge in [0.05, 0.1) is 6.10 Å². The molecule has 0 aromatic rings. The lowest BCUT2D eigenvalue weighted by molar-refractivity contribution is -0.274. The molecule has 0 aliphatic carbocycles. The van der Waals surface area contributed by atoms with Crippen LogP contribution in [0.5, 0.6) is 0 Å². The van der Waals surface area contributed by atoms with Gasteiger partial charge in [0.15, 0.2) is 6.29 Å². The number of piperidine rings is 2. The lowest BCUT2D eigenvalue weighted by Crippen LogP contribution is -2.60. The number of aliphatic hydroxyl groups is 1. The smallest absolute Gasteiger partial charge is 0.306 e. The van der Waals surface area contributed by atoms with Gasteiger partial charge in [-0.3, -0.25) is 4.79 Å². The summed E-state index contributed by atoms with van der Waals surface area (Å²) >= 11 is 0. The number of hydroxylamine groups is 4. The summed E-state index contributed by atoms with van der Waals surface area (Å²) in [7, 11) is 0. The Morgan fingerprint density at radius 1 is 0.722 bits per heavy atom. The Hall–Kier alpha value is -0.770. The van der Waals surface area contributed by atoms with E-state index in [1.807, 2.05) is 55.4 Å². The lowest BCUT2D eigenvalue weighted by atomic mass is 9.80. The zero-order valence-corrected chi connectivity index (χ0v) is 24.2. The van der Waals surface area contributed by atoms with Gasteiger partial charge in [-0.15, -0.1) is 0 Å². The van der Waals surface area contributed by atoms with Crippen LogP contribution < -0.4 is 0 Å². The van der Waals surface area contributed by atoms with Crippen molar-refractivity contribution in [1.82, 2.24) is 10.1 Å². The van der Waals surface area contributed by atoms with E-state index in [1.54, 1.807) is 0 Å². The minimum atomic E-state index is -0.769. The van der Waals surface area contributed by atoms with Crippen molar-refractivity contribution in [2.45, 2.75) is 173 Å². The second-order valence-corrected chi connectivity index (χ2v) is 13.7. The molecule has 2 saturated heterocycles. The predicted octanol–water partition coefficient (Wildman–Crippen LogP) is 5.81. The molecule has 0 spiro atoms. The van der Waals surface area contributed by atoms with E-state index in [0.29, 0.717) is 38.5 Å². The van der Waals surface area contributed by atoms with Gasteiger partial charge in [0.2, 0.25) is 0 Å². The summed E-state index contributed by atoms with van der Waals surface area (Å²) in [5, 5.41) is 34.0. The SMILES string of the molecule is CC1(C)CC(OC(=O)CCCCCCCCC(O)OC2CC(C)(C)N(O)C(C)(C)C2)CC(C)(C)N1O. The lowest BCUT2D eigenvalue weighted by Gasteiger charge is -2.51. The molecule has 8 nitrogen and oxygen atoms in total. The zero-order chi connectivity index (χ0) is 27.4. The summed E-state index contributed by atoms with van der Waals surface area (Å²) in [4.78, 5) is 12.3. The van der Waals surface area contributed by atoms with E-state index < -0.39 is 17.4 Å². The number of hydrogen-bond donors (Lipinski definition) is 3. The molecule has 2 fully saturated rings. The molecule has 2 aliphatic heterocycles. The summed E-state index contributed by atoms with van der Waals surface area (Å²) < 4.78 is 11.7. The van der Waals surface area contributed by atoms with E-state index in [2.05, 4.69) is 0 Å². The Morgan fingerprint density at radius 3 is 1.58 bits per heavy atom. The van der Waals surface area contributed by atoms with E-state index in [9.17, 15) is 20.3 Å². The molecule has 0 aromatic carbocycles. The van der Waals surface area contributed by atoms with Crippen LogP contribution in [-0.2, 0) is 14.3 Å². The molecule has 3 N–H and O–H groups in total. The van der Waals surface area contributed by atoms with Gasteiger partial charge in [-0.1, -0.05) is 25.7 Å². The largest absolute Gasteiger partial charge is 0.462 e. The van der Waals surface area contributed by atoms with Crippen molar-refractivity contribution in [1.29, 1.82) is 0 Å². The van der Waals surface area contributed by atoms with Crippen LogP contribution in [0.4, 0.5) is 0 Å². The molecule has 1 atom stereocenters. The van der Waals surface area contributed by atoms with E-state index in [0.717, 1.165) is 38.5 Å². The molecular formula is C28H54N2O6. The zero-order valence-electron chi connectivity index (χ0n) is 24.2. The second-order valence-electron chi connectivity index (χ2n) is 13.7. The van der Waals surface area contributed by atoms with Crippen molar-refractivity contribution in [2.24, 2.45) is 0 Å². The highest BCUT2D eigenvalue weighted by Crippen LogP contribution is 2.39. The Morgan fingerprint density at radius 2 is 1.11 bits per heavy atom. The molecule has 0 bridgehead atoms. The van der Waals surface area contributed by atoms with E-state index >= 15 is 0 Å². The average Bonchev–Trinajstić information content (AvgIpc) is 2.71. The summed E-state index contributed by atoms with van der Waals surface area (Å²) in [6, 6.07) is 0. The van der Waals surface area contributed by atoms with Gasteiger partial charge in [0, 0.05) is 41.4 Å². The van der Waals surface area contributed by atoms with Crippen LogP contribution in [0.3, 0.4) is 0 Å². The molecule has 2 aliphatic rings. The van der Waals surface area contributed by atoms with Gasteiger partial charge in [0.1, 0.15) is 6.10 Å². The Bertz CT molecular complexity index is 672. The molecule has 0 aromatic heterocycles. The molecule has 36 heavy (non-hydrogen) atoms. The highest BCUT2D eigenvalue weighted by molar-refractivity contribution is 5.69. The predicted molar refractivity (Wildman–Crippen MR) is 140 cm³/mol. The molecule has 2 heterocycles. The number of esters is 1. The van der Waals surface area contributed by atoms with Crippen LogP contribution >= 0.6 is 0 Å². The van der Waals surface area contributed by atoms with E-state index in [4.69, 9.17) is 9.47 Å². The van der Waals surface area contributed by atoms with Gasteiger partial charge in [-0.05, 0) is 87.5 Å². The number of nitrogens with zero attached hydrogens (tertiary/aromatic N) is 2. The van der Waals surface area contributed by atoms with Gasteiger partial charge >= 0.3 is 5.97 Å². The molecule has 212 valence electrons. The van der Waals surface area contributed by atoms with Crippen LogP contribution in [0.2, 0.25) is 0 Å². The average molecular weight is 515 g/mol. The van der Waals surface area contributed by atoms with E-state index in [1.165, 1.54) is 10.1 Å². The first-order chi connectivity index (χ1) is 16.5. The highest BCUT2D eigenvalue weighted by Gasteiger charge is 2.47. The van der Waals surface area contributed by atoms with Crippen molar-refractivity contribution in [3.8, 4) is 0 Å². The van der Waals surface area contributed by atoms with Crippen LogP contribution in [0.15, 0.2) is 0 Å². The van der Waals surface area contributed by atoms with Crippen molar-refractivity contribution in [3.63, 3.8) is 0 Å². The fourth-order valence-electron chi connectivity index (χ4n) is 6.37. The molecule has 0 saturated carbocycles. The van der Waals surface area contributed by atoms with Crippen LogP contribution in [0.1, 0.15) is 132 Å². The summed E-state index contributed by atoms with van der Waals surface area (Å²) in [6.07, 6.45) is 8.56. The molecule has 1 unspecified atom stereocenters. The number of carbonyl (C=O) groups excluding carboxylic acids is 1. The number of hydrogen-bond acceptors (Lipinski definition) is 8. The van der Waals surface area contributed by atoms with Gasteiger partial charge in [0.25, 0.3) is 0 Å². The summed E-state index contributed by atoms with van der Waals surface area (Å²) in [5.74, 6) is -0.142. The third kappa shape index (κ3) is 8.91. The first-order valence-electron chi connectivity index (χ1n) is 14.0. The third-order valence-corrected chi connectivity index (χ3v) is 7.93. The van der Waals surface area contributed by atoms with Gasteiger partial charge in [-0.25, -0.2) is 0 Å². The quantitative estimate of drug-likeness (QED) is 0.170. The first kappa shape index (κ1) is 31.4. The van der Waals surface area contributed by atoms with Crippen molar-refractivity contribution in [3.05, 3.63) is 0 Å². The fraction of sp³-hybridized carbons (Fsp3) is 0.964. The Balaban J connectivity index is 1.54. The molecule has 0 radical (unpaired) electrons. The Labute approximate surface area is 219 Å². The fourth-order valence-corrected chi connectivity index (χ4v) is 6.37. The molecular weight excluding hydrogens is 460 g/mol. The van der Waals surface area contributed by atoms with Gasteiger partial charge in [-0.2, -0.15) is 10.1 Å². The molecule has 8 heteroatoms. The topological polar surface area (TPSA) is 103 Å². The standard InChI is InChI=1S/C28H54N2O6/c1-25(2)17-21(18-26(3,4)29(25)33)35-23(31)15-13-11-9-10-12-14-16-24(32)36-22-19-27(5,6)30(34)28(7,8)20-22/h21-23,31,33-34H,9-20H2,1-8H3. The number of ether oxygens (including phenoxy) is 2. The number of rotatable bonds is 12. The van der Waals surface area contributed by atoms with Crippen molar-refractivity contribution >= 4 is 5.97 Å². The Kier molecular flexibility index (Phi) is 10.8. The molecule has 0 amide bonds. The normalized spacial score (nSPS) is 25.5.